The van der Waals surface area contributed by atoms with Crippen LogP contribution in [-0.4, -0.2) is 49.7 Å². The molecule has 6 rings (SSSR count). The zero-order valence-corrected chi connectivity index (χ0v) is 22.5. The molecule has 8 nitrogen and oxygen atoms in total. The van der Waals surface area contributed by atoms with Crippen LogP contribution >= 0.6 is 0 Å². The van der Waals surface area contributed by atoms with E-state index in [0.717, 1.165) is 77.4 Å². The van der Waals surface area contributed by atoms with Crippen molar-refractivity contribution in [3.05, 3.63) is 83.7 Å². The van der Waals surface area contributed by atoms with Crippen LogP contribution in [0.5, 0.6) is 0 Å². The standard InChI is InChI=1S/C32H32N6O2/c1-2-29-33-18-26(36-29)23-11-7-21(8-12-23)5-6-22-9-13-24(14-10-22)27-19-34-31(37-27)28-4-3-17-38(28)30(39)20-35-32(40)25-15-16-25/h7-14,18-19,25,28H,2-4,15-17,20H2,1H3,(H,33,36)(H,34,37)(H,35,40). The summed E-state index contributed by atoms with van der Waals surface area (Å²) in [7, 11) is 0. The first-order valence-electron chi connectivity index (χ1n) is 14.0. The highest BCUT2D eigenvalue weighted by molar-refractivity contribution is 5.87. The SMILES string of the molecule is CCc1ncc(-c2ccc(C#Cc3ccc(-c4cnc(C5CCCN5C(=O)CNC(=O)C5CC5)[nH]4)cc3)cc2)[nH]1. The third kappa shape index (κ3) is 5.69. The van der Waals surface area contributed by atoms with Gasteiger partial charge in [0.2, 0.25) is 11.8 Å². The summed E-state index contributed by atoms with van der Waals surface area (Å²) in [5, 5.41) is 2.79. The Balaban J connectivity index is 1.08. The van der Waals surface area contributed by atoms with E-state index < -0.39 is 0 Å². The van der Waals surface area contributed by atoms with Gasteiger partial charge in [-0.2, -0.15) is 0 Å². The molecular weight excluding hydrogens is 500 g/mol. The Labute approximate surface area is 233 Å². The van der Waals surface area contributed by atoms with Gasteiger partial charge >= 0.3 is 0 Å². The van der Waals surface area contributed by atoms with E-state index in [1.165, 1.54) is 0 Å². The van der Waals surface area contributed by atoms with Crippen LogP contribution in [0.1, 0.15) is 61.4 Å². The molecule has 1 atom stereocenters. The summed E-state index contributed by atoms with van der Waals surface area (Å²) in [6, 6.07) is 16.1. The maximum atomic E-state index is 12.8. The number of nitrogens with zero attached hydrogens (tertiary/aromatic N) is 3. The number of hydrogen-bond donors (Lipinski definition) is 3. The fourth-order valence-electron chi connectivity index (χ4n) is 5.06. The first kappa shape index (κ1) is 25.6. The number of hydrogen-bond acceptors (Lipinski definition) is 4. The van der Waals surface area contributed by atoms with Crippen molar-refractivity contribution in [1.82, 2.24) is 30.2 Å². The van der Waals surface area contributed by atoms with Crippen molar-refractivity contribution < 1.29 is 9.59 Å². The van der Waals surface area contributed by atoms with Gasteiger partial charge in [-0.05, 0) is 61.1 Å². The molecule has 0 radical (unpaired) electrons. The van der Waals surface area contributed by atoms with E-state index >= 15 is 0 Å². The lowest BCUT2D eigenvalue weighted by Crippen LogP contribution is -2.40. The lowest BCUT2D eigenvalue weighted by atomic mass is 10.1. The van der Waals surface area contributed by atoms with E-state index in [-0.39, 0.29) is 30.3 Å². The number of aromatic amines is 2. The number of benzene rings is 2. The first-order valence-corrected chi connectivity index (χ1v) is 14.0. The van der Waals surface area contributed by atoms with E-state index in [2.05, 4.69) is 56.2 Å². The lowest BCUT2D eigenvalue weighted by Gasteiger charge is -2.23. The molecule has 2 aromatic carbocycles. The predicted octanol–water partition coefficient (Wildman–Crippen LogP) is 4.62. The first-order chi connectivity index (χ1) is 19.6. The van der Waals surface area contributed by atoms with Gasteiger partial charge in [0.15, 0.2) is 0 Å². The molecule has 8 heteroatoms. The molecule has 1 aliphatic carbocycles. The molecule has 202 valence electrons. The van der Waals surface area contributed by atoms with Crippen LogP contribution in [0.25, 0.3) is 22.5 Å². The third-order valence-corrected chi connectivity index (χ3v) is 7.55. The van der Waals surface area contributed by atoms with Crippen LogP contribution in [0.3, 0.4) is 0 Å². The average molecular weight is 533 g/mol. The van der Waals surface area contributed by atoms with Gasteiger partial charge in [-0.1, -0.05) is 43.0 Å². The zero-order valence-electron chi connectivity index (χ0n) is 22.5. The minimum absolute atomic E-state index is 0.00818. The molecule has 2 fully saturated rings. The van der Waals surface area contributed by atoms with E-state index in [9.17, 15) is 9.59 Å². The van der Waals surface area contributed by atoms with Crippen molar-refractivity contribution in [1.29, 1.82) is 0 Å². The van der Waals surface area contributed by atoms with Crippen LogP contribution in [0.15, 0.2) is 60.9 Å². The van der Waals surface area contributed by atoms with E-state index in [1.54, 1.807) is 0 Å². The highest BCUT2D eigenvalue weighted by atomic mass is 16.2. The van der Waals surface area contributed by atoms with Crippen molar-refractivity contribution in [3.8, 4) is 34.4 Å². The molecule has 2 aromatic heterocycles. The molecule has 1 aliphatic heterocycles. The smallest absolute Gasteiger partial charge is 0.242 e. The van der Waals surface area contributed by atoms with Crippen LogP contribution in [0.2, 0.25) is 0 Å². The Kier molecular flexibility index (Phi) is 7.19. The lowest BCUT2D eigenvalue weighted by molar-refractivity contribution is -0.134. The van der Waals surface area contributed by atoms with Crippen molar-refractivity contribution in [3.63, 3.8) is 0 Å². The van der Waals surface area contributed by atoms with Crippen LogP contribution in [0.4, 0.5) is 0 Å². The van der Waals surface area contributed by atoms with Crippen LogP contribution in [-0.2, 0) is 16.0 Å². The number of amides is 2. The van der Waals surface area contributed by atoms with Gasteiger partial charge in [-0.3, -0.25) is 9.59 Å². The quantitative estimate of drug-likeness (QED) is 0.302. The number of carbonyl (C=O) groups excluding carboxylic acids is 2. The van der Waals surface area contributed by atoms with Gasteiger partial charge in [0.1, 0.15) is 11.6 Å². The third-order valence-electron chi connectivity index (χ3n) is 7.55. The number of likely N-dealkylation sites (tertiary alicyclic amines) is 1. The topological polar surface area (TPSA) is 107 Å². The van der Waals surface area contributed by atoms with Crippen LogP contribution < -0.4 is 5.32 Å². The summed E-state index contributed by atoms with van der Waals surface area (Å²) in [6.45, 7) is 2.81. The monoisotopic (exact) mass is 532 g/mol. The maximum Gasteiger partial charge on any atom is 0.242 e. The summed E-state index contributed by atoms with van der Waals surface area (Å²) in [5.74, 6) is 8.28. The molecule has 3 N–H and O–H groups in total. The average Bonchev–Trinajstić information content (AvgIpc) is 3.34. The minimum atomic E-state index is -0.0995. The van der Waals surface area contributed by atoms with E-state index in [0.29, 0.717) is 6.54 Å². The Hall–Kier alpha value is -4.64. The zero-order chi connectivity index (χ0) is 27.5. The largest absolute Gasteiger partial charge is 0.347 e. The van der Waals surface area contributed by atoms with Gasteiger partial charge < -0.3 is 20.2 Å². The highest BCUT2D eigenvalue weighted by Crippen LogP contribution is 2.32. The van der Waals surface area contributed by atoms with Gasteiger partial charge in [0.25, 0.3) is 0 Å². The summed E-state index contributed by atoms with van der Waals surface area (Å²) < 4.78 is 0. The molecule has 3 heterocycles. The van der Waals surface area contributed by atoms with E-state index in [4.69, 9.17) is 0 Å². The molecular formula is C32H32N6O2. The second kappa shape index (κ2) is 11.2. The number of rotatable bonds is 7. The Bertz CT molecular complexity index is 1570. The summed E-state index contributed by atoms with van der Waals surface area (Å²) in [5.41, 5.74) is 5.88. The molecule has 2 amide bonds. The van der Waals surface area contributed by atoms with Gasteiger partial charge in [-0.15, -0.1) is 0 Å². The molecule has 40 heavy (non-hydrogen) atoms. The minimum Gasteiger partial charge on any atom is -0.347 e. The number of aromatic nitrogens is 4. The summed E-state index contributed by atoms with van der Waals surface area (Å²) in [6.07, 6.45) is 8.19. The fraction of sp³-hybridized carbons (Fsp3) is 0.312. The second-order valence-corrected chi connectivity index (χ2v) is 10.4. The van der Waals surface area contributed by atoms with Gasteiger partial charge in [0.05, 0.1) is 36.4 Å². The maximum absolute atomic E-state index is 12.8. The second-order valence-electron chi connectivity index (χ2n) is 10.4. The molecule has 1 saturated carbocycles. The van der Waals surface area contributed by atoms with Gasteiger partial charge in [-0.25, -0.2) is 9.97 Å². The summed E-state index contributed by atoms with van der Waals surface area (Å²) >= 11 is 0. The van der Waals surface area contributed by atoms with Crippen molar-refractivity contribution in [2.24, 2.45) is 5.92 Å². The Morgan fingerprint density at radius 3 is 2.12 bits per heavy atom. The van der Waals surface area contributed by atoms with Crippen molar-refractivity contribution >= 4 is 11.8 Å². The number of nitrogens with one attached hydrogen (secondary N) is 3. The molecule has 0 spiro atoms. The molecule has 1 saturated heterocycles. The van der Waals surface area contributed by atoms with Crippen molar-refractivity contribution in [2.45, 2.75) is 45.1 Å². The normalized spacial score (nSPS) is 16.4. The molecule has 1 unspecified atom stereocenters. The fourth-order valence-corrected chi connectivity index (χ4v) is 5.06. The number of H-pyrrole nitrogens is 2. The number of aryl methyl sites for hydroxylation is 1. The van der Waals surface area contributed by atoms with Gasteiger partial charge in [0, 0.05) is 30.0 Å². The highest BCUT2D eigenvalue weighted by Gasteiger charge is 2.34. The van der Waals surface area contributed by atoms with E-state index in [1.807, 2.05) is 53.7 Å². The molecule has 2 aliphatic rings. The van der Waals surface area contributed by atoms with Crippen molar-refractivity contribution in [2.75, 3.05) is 13.1 Å². The Morgan fingerprint density at radius 1 is 0.900 bits per heavy atom. The van der Waals surface area contributed by atoms with Crippen LogP contribution in [0, 0.1) is 17.8 Å². The molecule has 0 bridgehead atoms. The number of carbonyl (C=O) groups is 2. The Morgan fingerprint density at radius 2 is 1.52 bits per heavy atom. The summed E-state index contributed by atoms with van der Waals surface area (Å²) in [4.78, 5) is 42.3. The molecule has 4 aromatic rings. The number of imidazole rings is 2. The predicted molar refractivity (Wildman–Crippen MR) is 153 cm³/mol.